The van der Waals surface area contributed by atoms with E-state index >= 15 is 0 Å². The van der Waals surface area contributed by atoms with E-state index in [4.69, 9.17) is 4.74 Å². The Labute approximate surface area is 139 Å². The minimum Gasteiger partial charge on any atom is -0.444 e. The zero-order valence-electron chi connectivity index (χ0n) is 15.1. The molecular weight excluding hydrogens is 292 g/mol. The fraction of sp³-hybridized carbons (Fsp3) is 0.765. The lowest BCUT2D eigenvalue weighted by Gasteiger charge is -2.24. The van der Waals surface area contributed by atoms with Gasteiger partial charge in [0.15, 0.2) is 0 Å². The monoisotopic (exact) mass is 322 g/mol. The number of hydrogen-bond acceptors (Lipinski definition) is 4. The molecule has 23 heavy (non-hydrogen) atoms. The third-order valence-electron chi connectivity index (χ3n) is 4.10. The molecule has 2 heterocycles. The Morgan fingerprint density at radius 3 is 2.83 bits per heavy atom. The molecule has 1 unspecified atom stereocenters. The summed E-state index contributed by atoms with van der Waals surface area (Å²) in [6, 6.07) is 0. The summed E-state index contributed by atoms with van der Waals surface area (Å²) >= 11 is 0. The number of carbonyl (C=O) groups excluding carboxylic acids is 1. The lowest BCUT2D eigenvalue weighted by molar-refractivity contribution is 0.0287. The maximum atomic E-state index is 12.0. The van der Waals surface area contributed by atoms with E-state index in [2.05, 4.69) is 16.6 Å². The molecule has 1 atom stereocenters. The highest BCUT2D eigenvalue weighted by Gasteiger charge is 2.29. The molecule has 1 N–H and O–H groups in total. The summed E-state index contributed by atoms with van der Waals surface area (Å²) in [5.41, 5.74) is 1.91. The van der Waals surface area contributed by atoms with Crippen LogP contribution in [0.5, 0.6) is 0 Å². The molecule has 130 valence electrons. The van der Waals surface area contributed by atoms with Crippen LogP contribution in [0.2, 0.25) is 0 Å². The molecule has 1 saturated heterocycles. The first-order valence-corrected chi connectivity index (χ1v) is 8.42. The molecule has 6 nitrogen and oxygen atoms in total. The van der Waals surface area contributed by atoms with Crippen LogP contribution in [0.15, 0.2) is 6.20 Å². The van der Waals surface area contributed by atoms with Gasteiger partial charge in [0.25, 0.3) is 0 Å². The predicted octanol–water partition coefficient (Wildman–Crippen LogP) is 2.47. The summed E-state index contributed by atoms with van der Waals surface area (Å²) in [4.78, 5) is 13.9. The molecule has 1 aliphatic heterocycles. The SMILES string of the molecule is Cc1nn(C)cc1CNCCC1CCN(C(=O)OC(C)(C)C)C1. The quantitative estimate of drug-likeness (QED) is 0.846. The zero-order valence-corrected chi connectivity index (χ0v) is 15.1. The van der Waals surface area contributed by atoms with E-state index in [1.54, 1.807) is 0 Å². The van der Waals surface area contributed by atoms with Crippen LogP contribution >= 0.6 is 0 Å². The number of hydrogen-bond donors (Lipinski definition) is 1. The molecule has 0 aromatic carbocycles. The van der Waals surface area contributed by atoms with Gasteiger partial charge in [-0.05, 0) is 53.0 Å². The zero-order chi connectivity index (χ0) is 17.0. The normalized spacial score (nSPS) is 18.5. The highest BCUT2D eigenvalue weighted by Crippen LogP contribution is 2.21. The fourth-order valence-corrected chi connectivity index (χ4v) is 2.91. The topological polar surface area (TPSA) is 59.4 Å². The smallest absolute Gasteiger partial charge is 0.410 e. The van der Waals surface area contributed by atoms with E-state index in [1.165, 1.54) is 5.56 Å². The van der Waals surface area contributed by atoms with E-state index in [1.807, 2.05) is 44.3 Å². The second-order valence-corrected chi connectivity index (χ2v) is 7.46. The van der Waals surface area contributed by atoms with Crippen molar-refractivity contribution in [2.45, 2.75) is 52.7 Å². The molecule has 1 aliphatic rings. The second kappa shape index (κ2) is 7.34. The molecular formula is C17H30N4O2. The van der Waals surface area contributed by atoms with E-state index in [0.717, 1.165) is 44.7 Å². The number of nitrogens with one attached hydrogen (secondary N) is 1. The molecule has 0 radical (unpaired) electrons. The average Bonchev–Trinajstić information content (AvgIpc) is 3.00. The number of carbonyl (C=O) groups is 1. The number of likely N-dealkylation sites (tertiary alicyclic amines) is 1. The molecule has 6 heteroatoms. The molecule has 0 spiro atoms. The van der Waals surface area contributed by atoms with Crippen molar-refractivity contribution in [2.75, 3.05) is 19.6 Å². The van der Waals surface area contributed by atoms with Gasteiger partial charge in [0.1, 0.15) is 5.60 Å². The van der Waals surface area contributed by atoms with Crippen LogP contribution in [0.25, 0.3) is 0 Å². The molecule has 1 amide bonds. The highest BCUT2D eigenvalue weighted by molar-refractivity contribution is 5.68. The van der Waals surface area contributed by atoms with Gasteiger partial charge in [-0.3, -0.25) is 4.68 Å². The van der Waals surface area contributed by atoms with E-state index < -0.39 is 5.60 Å². The summed E-state index contributed by atoms with van der Waals surface area (Å²) < 4.78 is 7.28. The third-order valence-corrected chi connectivity index (χ3v) is 4.10. The minimum atomic E-state index is -0.418. The predicted molar refractivity (Wildman–Crippen MR) is 90.2 cm³/mol. The van der Waals surface area contributed by atoms with Gasteiger partial charge in [0, 0.05) is 38.4 Å². The van der Waals surface area contributed by atoms with Crippen LogP contribution in [0.4, 0.5) is 4.79 Å². The molecule has 1 aromatic rings. The Morgan fingerprint density at radius 2 is 2.22 bits per heavy atom. The minimum absolute atomic E-state index is 0.182. The van der Waals surface area contributed by atoms with Crippen LogP contribution in [-0.4, -0.2) is 46.0 Å². The summed E-state index contributed by atoms with van der Waals surface area (Å²) in [7, 11) is 1.94. The first-order chi connectivity index (χ1) is 10.7. The van der Waals surface area contributed by atoms with Gasteiger partial charge in [0.05, 0.1) is 5.69 Å². The number of ether oxygens (including phenoxy) is 1. The lowest BCUT2D eigenvalue weighted by Crippen LogP contribution is -2.35. The molecule has 2 rings (SSSR count). The molecule has 0 aliphatic carbocycles. The summed E-state index contributed by atoms with van der Waals surface area (Å²) in [6.45, 7) is 11.2. The summed E-state index contributed by atoms with van der Waals surface area (Å²) in [5, 5.41) is 7.82. The summed E-state index contributed by atoms with van der Waals surface area (Å²) in [6.07, 6.45) is 4.02. The van der Waals surface area contributed by atoms with Gasteiger partial charge in [-0.2, -0.15) is 5.10 Å². The Morgan fingerprint density at radius 1 is 1.48 bits per heavy atom. The Balaban J connectivity index is 1.66. The van der Waals surface area contributed by atoms with Gasteiger partial charge in [-0.1, -0.05) is 0 Å². The van der Waals surface area contributed by atoms with E-state index in [-0.39, 0.29) is 6.09 Å². The number of aryl methyl sites for hydroxylation is 2. The first-order valence-electron chi connectivity index (χ1n) is 8.42. The van der Waals surface area contributed by atoms with Crippen molar-refractivity contribution in [1.82, 2.24) is 20.0 Å². The third kappa shape index (κ3) is 5.53. The van der Waals surface area contributed by atoms with Crippen LogP contribution in [0.3, 0.4) is 0 Å². The van der Waals surface area contributed by atoms with E-state index in [0.29, 0.717) is 5.92 Å². The first kappa shape index (κ1) is 17.8. The number of amides is 1. The van der Waals surface area contributed by atoms with Crippen molar-refractivity contribution in [3.05, 3.63) is 17.5 Å². The highest BCUT2D eigenvalue weighted by atomic mass is 16.6. The maximum absolute atomic E-state index is 12.0. The number of aromatic nitrogens is 2. The number of nitrogens with zero attached hydrogens (tertiary/aromatic N) is 3. The van der Waals surface area contributed by atoms with Crippen molar-refractivity contribution in [1.29, 1.82) is 0 Å². The molecule has 1 aromatic heterocycles. The van der Waals surface area contributed by atoms with Crippen molar-refractivity contribution >= 4 is 6.09 Å². The van der Waals surface area contributed by atoms with Crippen LogP contribution in [0, 0.1) is 12.8 Å². The van der Waals surface area contributed by atoms with Gasteiger partial charge >= 0.3 is 6.09 Å². The van der Waals surface area contributed by atoms with Gasteiger partial charge in [-0.25, -0.2) is 4.79 Å². The van der Waals surface area contributed by atoms with Crippen LogP contribution < -0.4 is 5.32 Å². The standard InChI is InChI=1S/C17H30N4O2/c1-13-15(12-20(5)19-13)10-18-8-6-14-7-9-21(11-14)16(22)23-17(2,3)4/h12,14,18H,6-11H2,1-5H3. The van der Waals surface area contributed by atoms with Crippen LogP contribution in [-0.2, 0) is 18.3 Å². The second-order valence-electron chi connectivity index (χ2n) is 7.46. The molecule has 0 bridgehead atoms. The van der Waals surface area contributed by atoms with Crippen molar-refractivity contribution in [3.8, 4) is 0 Å². The Kier molecular flexibility index (Phi) is 5.68. The van der Waals surface area contributed by atoms with Gasteiger partial charge in [0.2, 0.25) is 0 Å². The Hall–Kier alpha value is -1.56. The lowest BCUT2D eigenvalue weighted by atomic mass is 10.1. The maximum Gasteiger partial charge on any atom is 0.410 e. The Bertz CT molecular complexity index is 533. The van der Waals surface area contributed by atoms with Crippen molar-refractivity contribution in [3.63, 3.8) is 0 Å². The van der Waals surface area contributed by atoms with Crippen molar-refractivity contribution in [2.24, 2.45) is 13.0 Å². The van der Waals surface area contributed by atoms with Crippen LogP contribution in [0.1, 0.15) is 44.9 Å². The van der Waals surface area contributed by atoms with Crippen molar-refractivity contribution < 1.29 is 9.53 Å². The van der Waals surface area contributed by atoms with Gasteiger partial charge < -0.3 is 15.0 Å². The largest absolute Gasteiger partial charge is 0.444 e. The molecule has 0 saturated carbocycles. The summed E-state index contributed by atoms with van der Waals surface area (Å²) in [5.74, 6) is 0.560. The molecule has 1 fully saturated rings. The average molecular weight is 322 g/mol. The van der Waals surface area contributed by atoms with Gasteiger partial charge in [-0.15, -0.1) is 0 Å². The number of rotatable bonds is 5. The fourth-order valence-electron chi connectivity index (χ4n) is 2.91. The van der Waals surface area contributed by atoms with E-state index in [9.17, 15) is 4.79 Å².